The number of nitrogens with one attached hydrogen (secondary N) is 2. The zero-order valence-corrected chi connectivity index (χ0v) is 15.1. The number of ether oxygens (including phenoxy) is 1. The third-order valence-electron chi connectivity index (χ3n) is 3.48. The van der Waals surface area contributed by atoms with Gasteiger partial charge in [0.15, 0.2) is 0 Å². The number of hydrogen-bond donors (Lipinski definition) is 3. The lowest BCUT2D eigenvalue weighted by molar-refractivity contribution is -0.123. The summed E-state index contributed by atoms with van der Waals surface area (Å²) >= 11 is 0. The third kappa shape index (κ3) is 8.57. The molecule has 144 valence electrons. The van der Waals surface area contributed by atoms with Crippen LogP contribution in [0.5, 0.6) is 0 Å². The predicted molar refractivity (Wildman–Crippen MR) is 94.8 cm³/mol. The number of carbonyl (C=O) groups excluding carboxylic acids is 3. The zero-order chi connectivity index (χ0) is 19.5. The first-order chi connectivity index (χ1) is 12.3. The number of nitrogens with two attached hydrogens (primary N) is 1. The summed E-state index contributed by atoms with van der Waals surface area (Å²) in [5, 5.41) is 5.25. The van der Waals surface area contributed by atoms with Gasteiger partial charge >= 0.3 is 0 Å². The molecule has 0 aromatic heterocycles. The highest BCUT2D eigenvalue weighted by Gasteiger charge is 2.21. The molecule has 1 atom stereocenters. The molecule has 0 aliphatic rings. The van der Waals surface area contributed by atoms with Crippen LogP contribution in [0.4, 0.5) is 4.39 Å². The summed E-state index contributed by atoms with van der Waals surface area (Å²) in [6.07, 6.45) is 0.775. The van der Waals surface area contributed by atoms with Crippen LogP contribution in [0.15, 0.2) is 24.3 Å². The second-order valence-corrected chi connectivity index (χ2v) is 6.10. The minimum atomic E-state index is -0.911. The monoisotopic (exact) mass is 367 g/mol. The number of carbonyl (C=O) groups is 3. The summed E-state index contributed by atoms with van der Waals surface area (Å²) in [7, 11) is 0. The van der Waals surface area contributed by atoms with E-state index in [1.54, 1.807) is 0 Å². The summed E-state index contributed by atoms with van der Waals surface area (Å²) in [5.41, 5.74) is 5.34. The van der Waals surface area contributed by atoms with Crippen molar-refractivity contribution in [2.45, 2.75) is 45.3 Å². The molecule has 0 aliphatic carbocycles. The van der Waals surface area contributed by atoms with Crippen molar-refractivity contribution < 1.29 is 23.5 Å². The van der Waals surface area contributed by atoms with Crippen LogP contribution in [0, 0.1) is 5.82 Å². The van der Waals surface area contributed by atoms with Crippen molar-refractivity contribution in [3.8, 4) is 0 Å². The Morgan fingerprint density at radius 3 is 2.42 bits per heavy atom. The number of rotatable bonds is 11. The zero-order valence-electron chi connectivity index (χ0n) is 15.1. The molecule has 0 heterocycles. The Hall–Kier alpha value is -2.48. The van der Waals surface area contributed by atoms with Crippen LogP contribution in [0.2, 0.25) is 0 Å². The molecule has 8 heteroatoms. The fraction of sp³-hybridized carbons (Fsp3) is 0.500. The van der Waals surface area contributed by atoms with Crippen LogP contribution >= 0.6 is 0 Å². The second-order valence-electron chi connectivity index (χ2n) is 6.10. The molecule has 1 aromatic carbocycles. The predicted octanol–water partition coefficient (Wildman–Crippen LogP) is 1.12. The first kappa shape index (κ1) is 21.6. The first-order valence-electron chi connectivity index (χ1n) is 8.53. The van der Waals surface area contributed by atoms with E-state index in [2.05, 4.69) is 10.6 Å². The molecule has 0 saturated heterocycles. The van der Waals surface area contributed by atoms with E-state index in [1.807, 2.05) is 13.8 Å². The van der Waals surface area contributed by atoms with E-state index in [0.717, 1.165) is 12.1 Å². The van der Waals surface area contributed by atoms with Gasteiger partial charge < -0.3 is 21.1 Å². The molecule has 3 amide bonds. The van der Waals surface area contributed by atoms with Crippen molar-refractivity contribution in [1.82, 2.24) is 10.6 Å². The van der Waals surface area contributed by atoms with Gasteiger partial charge in [0.05, 0.1) is 6.10 Å². The fourth-order valence-corrected chi connectivity index (χ4v) is 2.12. The average Bonchev–Trinajstić information content (AvgIpc) is 2.58. The van der Waals surface area contributed by atoms with Gasteiger partial charge in [0.2, 0.25) is 11.8 Å². The Kier molecular flexibility index (Phi) is 9.29. The van der Waals surface area contributed by atoms with Gasteiger partial charge in [0, 0.05) is 25.1 Å². The maximum absolute atomic E-state index is 12.9. The maximum atomic E-state index is 12.9. The van der Waals surface area contributed by atoms with Crippen LogP contribution in [-0.2, 0) is 14.3 Å². The van der Waals surface area contributed by atoms with Crippen molar-refractivity contribution in [2.75, 3.05) is 13.2 Å². The van der Waals surface area contributed by atoms with Gasteiger partial charge in [-0.05, 0) is 51.0 Å². The molecular weight excluding hydrogens is 341 g/mol. The highest BCUT2D eigenvalue weighted by molar-refractivity contribution is 5.97. The van der Waals surface area contributed by atoms with Crippen molar-refractivity contribution in [3.63, 3.8) is 0 Å². The summed E-state index contributed by atoms with van der Waals surface area (Å²) in [6.45, 7) is 4.73. The molecular formula is C18H26FN3O4. The molecule has 0 fully saturated rings. The molecule has 7 nitrogen and oxygen atoms in total. The van der Waals surface area contributed by atoms with Crippen LogP contribution < -0.4 is 16.4 Å². The van der Waals surface area contributed by atoms with Crippen LogP contribution in [0.3, 0.4) is 0 Å². The minimum absolute atomic E-state index is 0.0434. The lowest BCUT2D eigenvalue weighted by atomic mass is 10.1. The summed E-state index contributed by atoms with van der Waals surface area (Å²) in [4.78, 5) is 35.5. The Labute approximate surface area is 152 Å². The molecule has 0 aliphatic heterocycles. The largest absolute Gasteiger partial charge is 0.379 e. The Morgan fingerprint density at radius 2 is 1.85 bits per heavy atom. The quantitative estimate of drug-likeness (QED) is 0.509. The Morgan fingerprint density at radius 1 is 1.19 bits per heavy atom. The number of hydrogen-bond acceptors (Lipinski definition) is 4. The molecule has 26 heavy (non-hydrogen) atoms. The van der Waals surface area contributed by atoms with Crippen molar-refractivity contribution in [3.05, 3.63) is 35.6 Å². The second kappa shape index (κ2) is 11.2. The van der Waals surface area contributed by atoms with E-state index in [0.29, 0.717) is 19.6 Å². The van der Waals surface area contributed by atoms with E-state index in [1.165, 1.54) is 12.1 Å². The van der Waals surface area contributed by atoms with Gasteiger partial charge in [-0.15, -0.1) is 0 Å². The summed E-state index contributed by atoms with van der Waals surface area (Å²) in [6, 6.07) is 4.03. The molecule has 0 spiro atoms. The van der Waals surface area contributed by atoms with E-state index in [9.17, 15) is 18.8 Å². The van der Waals surface area contributed by atoms with E-state index >= 15 is 0 Å². The molecule has 4 N–H and O–H groups in total. The lowest BCUT2D eigenvalue weighted by Gasteiger charge is -2.18. The third-order valence-corrected chi connectivity index (χ3v) is 3.48. The van der Waals surface area contributed by atoms with Crippen LogP contribution in [-0.4, -0.2) is 43.0 Å². The van der Waals surface area contributed by atoms with Crippen molar-refractivity contribution >= 4 is 17.7 Å². The molecule has 0 radical (unpaired) electrons. The Balaban J connectivity index is 2.59. The molecule has 0 bridgehead atoms. The van der Waals surface area contributed by atoms with Gasteiger partial charge in [-0.2, -0.15) is 0 Å². The van der Waals surface area contributed by atoms with E-state index in [4.69, 9.17) is 10.5 Å². The number of primary amides is 1. The highest BCUT2D eigenvalue weighted by Crippen LogP contribution is 2.05. The van der Waals surface area contributed by atoms with Crippen LogP contribution in [0.25, 0.3) is 0 Å². The highest BCUT2D eigenvalue weighted by atomic mass is 19.1. The average molecular weight is 367 g/mol. The van der Waals surface area contributed by atoms with Crippen molar-refractivity contribution in [2.24, 2.45) is 5.73 Å². The van der Waals surface area contributed by atoms with Gasteiger partial charge in [-0.25, -0.2) is 4.39 Å². The topological polar surface area (TPSA) is 111 Å². The molecule has 0 saturated carbocycles. The van der Waals surface area contributed by atoms with Gasteiger partial charge in [0.1, 0.15) is 11.9 Å². The standard InChI is InChI=1S/C18H26FN3O4/c1-12(2)26-11-3-10-21-18(25)15(8-9-16(20)23)22-17(24)13-4-6-14(19)7-5-13/h4-7,12,15H,3,8-11H2,1-2H3,(H2,20,23)(H,21,25)(H,22,24)/t15-/m1/s1. The molecule has 1 aromatic rings. The lowest BCUT2D eigenvalue weighted by Crippen LogP contribution is -2.47. The van der Waals surface area contributed by atoms with E-state index < -0.39 is 29.6 Å². The van der Waals surface area contributed by atoms with Gasteiger partial charge in [0.25, 0.3) is 5.91 Å². The van der Waals surface area contributed by atoms with Crippen molar-refractivity contribution in [1.29, 1.82) is 0 Å². The molecule has 1 rings (SSSR count). The smallest absolute Gasteiger partial charge is 0.251 e. The SMILES string of the molecule is CC(C)OCCCNC(=O)[C@@H](CCC(N)=O)NC(=O)c1ccc(F)cc1. The van der Waals surface area contributed by atoms with E-state index in [-0.39, 0.29) is 24.5 Å². The Bertz CT molecular complexity index is 605. The summed E-state index contributed by atoms with van der Waals surface area (Å²) < 4.78 is 18.3. The molecule has 0 unspecified atom stereocenters. The van der Waals surface area contributed by atoms with Gasteiger partial charge in [-0.3, -0.25) is 14.4 Å². The first-order valence-corrected chi connectivity index (χ1v) is 8.53. The number of amides is 3. The fourth-order valence-electron chi connectivity index (χ4n) is 2.12. The normalized spacial score (nSPS) is 11.8. The minimum Gasteiger partial charge on any atom is -0.379 e. The number of halogens is 1. The van der Waals surface area contributed by atoms with Crippen LogP contribution in [0.1, 0.15) is 43.5 Å². The van der Waals surface area contributed by atoms with Gasteiger partial charge in [-0.1, -0.05) is 0 Å². The maximum Gasteiger partial charge on any atom is 0.251 e. The summed E-state index contributed by atoms with van der Waals surface area (Å²) in [5.74, 6) is -1.97. The number of benzene rings is 1.